The Balaban J connectivity index is 2.08. The molecular weight excluding hydrogens is 285 g/mol. The van der Waals surface area contributed by atoms with Gasteiger partial charge in [0.25, 0.3) is 10.0 Å². The average molecular weight is 298 g/mol. The Kier molecular flexibility index (Phi) is 3.68. The molecule has 0 spiro atoms. The molecule has 8 heteroatoms. The molecular formula is C9H13Cl2N3O2S. The van der Waals surface area contributed by atoms with Gasteiger partial charge in [-0.2, -0.15) is 5.10 Å². The molecule has 1 N–H and O–H groups in total. The van der Waals surface area contributed by atoms with Crippen LogP contribution in [0.3, 0.4) is 0 Å². The summed E-state index contributed by atoms with van der Waals surface area (Å²) in [5.74, 6) is 0.432. The number of nitrogens with zero attached hydrogens (tertiary/aromatic N) is 2. The Hall–Kier alpha value is -0.300. The van der Waals surface area contributed by atoms with E-state index in [1.165, 1.54) is 17.9 Å². The van der Waals surface area contributed by atoms with Crippen molar-refractivity contribution in [3.8, 4) is 0 Å². The summed E-state index contributed by atoms with van der Waals surface area (Å²) in [6.07, 6.45) is 3.44. The fraction of sp³-hybridized carbons (Fsp3) is 0.667. The van der Waals surface area contributed by atoms with E-state index in [9.17, 15) is 8.42 Å². The van der Waals surface area contributed by atoms with E-state index in [-0.39, 0.29) is 22.0 Å². The van der Waals surface area contributed by atoms with E-state index in [1.807, 2.05) is 0 Å². The highest BCUT2D eigenvalue weighted by Gasteiger charge is 2.31. The molecule has 0 aromatic carbocycles. The van der Waals surface area contributed by atoms with Crippen LogP contribution in [0, 0.1) is 5.92 Å². The predicted octanol–water partition coefficient (Wildman–Crippen LogP) is 1.37. The van der Waals surface area contributed by atoms with Gasteiger partial charge < -0.3 is 0 Å². The van der Waals surface area contributed by atoms with Crippen LogP contribution in [0.1, 0.15) is 12.8 Å². The zero-order valence-corrected chi connectivity index (χ0v) is 11.6. The molecule has 1 fully saturated rings. The van der Waals surface area contributed by atoms with Gasteiger partial charge in [0.15, 0.2) is 5.03 Å². The third-order valence-corrected chi connectivity index (χ3v) is 5.14. The molecule has 0 amide bonds. The minimum absolute atomic E-state index is 0.0289. The number of sulfonamides is 1. The van der Waals surface area contributed by atoms with Gasteiger partial charge in [0.2, 0.25) is 0 Å². The third kappa shape index (κ3) is 2.93. The van der Waals surface area contributed by atoms with Gasteiger partial charge in [-0.25, -0.2) is 13.1 Å². The Morgan fingerprint density at radius 3 is 2.76 bits per heavy atom. The molecule has 96 valence electrons. The van der Waals surface area contributed by atoms with Crippen LogP contribution >= 0.6 is 23.2 Å². The first-order valence-corrected chi connectivity index (χ1v) is 7.53. The molecule has 0 aliphatic heterocycles. The zero-order chi connectivity index (χ0) is 12.6. The van der Waals surface area contributed by atoms with Crippen molar-refractivity contribution in [3.63, 3.8) is 0 Å². The number of halogens is 2. The van der Waals surface area contributed by atoms with E-state index in [0.29, 0.717) is 5.92 Å². The molecule has 17 heavy (non-hydrogen) atoms. The van der Waals surface area contributed by atoms with Gasteiger partial charge in [-0.1, -0.05) is 11.6 Å². The summed E-state index contributed by atoms with van der Waals surface area (Å²) in [4.78, 5) is 0. The second-order valence-electron chi connectivity index (χ2n) is 4.13. The Morgan fingerprint density at radius 2 is 2.29 bits per heavy atom. The molecule has 1 saturated carbocycles. The van der Waals surface area contributed by atoms with E-state index >= 15 is 0 Å². The predicted molar refractivity (Wildman–Crippen MR) is 65.8 cm³/mol. The van der Waals surface area contributed by atoms with Crippen LogP contribution in [-0.2, 0) is 17.1 Å². The Labute approximate surface area is 110 Å². The van der Waals surface area contributed by atoms with E-state index in [2.05, 4.69) is 9.82 Å². The number of hydrogen-bond acceptors (Lipinski definition) is 3. The van der Waals surface area contributed by atoms with E-state index < -0.39 is 10.0 Å². The molecule has 1 aromatic heterocycles. The molecule has 1 heterocycles. The SMILES string of the molecule is Cn1ncc(Cl)c1S(=O)(=O)NCC(Cl)C1CC1. The highest BCUT2D eigenvalue weighted by molar-refractivity contribution is 7.89. The molecule has 1 atom stereocenters. The van der Waals surface area contributed by atoms with Crippen LogP contribution < -0.4 is 4.72 Å². The highest BCUT2D eigenvalue weighted by atomic mass is 35.5. The number of aryl methyl sites for hydroxylation is 1. The minimum Gasteiger partial charge on any atom is -0.255 e. The maximum absolute atomic E-state index is 12.0. The van der Waals surface area contributed by atoms with Crippen molar-refractivity contribution in [3.05, 3.63) is 11.2 Å². The van der Waals surface area contributed by atoms with Crippen molar-refractivity contribution in [2.45, 2.75) is 23.2 Å². The van der Waals surface area contributed by atoms with Gasteiger partial charge in [0.1, 0.15) is 0 Å². The molecule has 0 saturated heterocycles. The summed E-state index contributed by atoms with van der Waals surface area (Å²) in [6.45, 7) is 0.218. The number of hydrogen-bond donors (Lipinski definition) is 1. The first kappa shape index (κ1) is 13.1. The van der Waals surface area contributed by atoms with Crippen molar-refractivity contribution in [2.75, 3.05) is 6.54 Å². The van der Waals surface area contributed by atoms with Gasteiger partial charge in [-0.05, 0) is 18.8 Å². The smallest absolute Gasteiger partial charge is 0.255 e. The van der Waals surface area contributed by atoms with Crippen LogP contribution in [0.25, 0.3) is 0 Å². The zero-order valence-electron chi connectivity index (χ0n) is 9.23. The van der Waals surface area contributed by atoms with Crippen molar-refractivity contribution in [2.24, 2.45) is 13.0 Å². The second-order valence-corrected chi connectivity index (χ2v) is 6.78. The molecule has 1 unspecified atom stereocenters. The molecule has 5 nitrogen and oxygen atoms in total. The monoisotopic (exact) mass is 297 g/mol. The first-order valence-electron chi connectivity index (χ1n) is 5.23. The van der Waals surface area contributed by atoms with Crippen molar-refractivity contribution in [1.29, 1.82) is 0 Å². The first-order chi connectivity index (χ1) is 7.92. The van der Waals surface area contributed by atoms with E-state index in [0.717, 1.165) is 12.8 Å². The largest absolute Gasteiger partial charge is 0.259 e. The molecule has 2 rings (SSSR count). The van der Waals surface area contributed by atoms with Crippen molar-refractivity contribution < 1.29 is 8.42 Å². The fourth-order valence-corrected chi connectivity index (χ4v) is 3.72. The lowest BCUT2D eigenvalue weighted by molar-refractivity contribution is 0.559. The van der Waals surface area contributed by atoms with Gasteiger partial charge in [-0.15, -0.1) is 11.6 Å². The number of rotatable bonds is 5. The number of nitrogens with one attached hydrogen (secondary N) is 1. The Bertz CT molecular complexity index is 491. The van der Waals surface area contributed by atoms with E-state index in [1.54, 1.807) is 0 Å². The lowest BCUT2D eigenvalue weighted by Crippen LogP contribution is -2.32. The molecule has 0 radical (unpaired) electrons. The van der Waals surface area contributed by atoms with Crippen LogP contribution in [-0.4, -0.2) is 30.1 Å². The summed E-state index contributed by atoms with van der Waals surface area (Å²) >= 11 is 11.8. The number of alkyl halides is 1. The molecule has 1 aliphatic carbocycles. The maximum Gasteiger partial charge on any atom is 0.259 e. The molecule has 1 aliphatic rings. The molecule has 1 aromatic rings. The summed E-state index contributed by atoms with van der Waals surface area (Å²) < 4.78 is 27.6. The summed E-state index contributed by atoms with van der Waals surface area (Å²) in [7, 11) is -2.12. The minimum atomic E-state index is -3.65. The second kappa shape index (κ2) is 4.76. The van der Waals surface area contributed by atoms with E-state index in [4.69, 9.17) is 23.2 Å². The quantitative estimate of drug-likeness (QED) is 0.835. The van der Waals surface area contributed by atoms with Crippen LogP contribution in [0.15, 0.2) is 11.2 Å². The van der Waals surface area contributed by atoms with Crippen LogP contribution in [0.4, 0.5) is 0 Å². The number of aromatic nitrogens is 2. The average Bonchev–Trinajstić information content (AvgIpc) is 3.02. The topological polar surface area (TPSA) is 64.0 Å². The lowest BCUT2D eigenvalue weighted by atomic mass is 10.3. The van der Waals surface area contributed by atoms with Crippen LogP contribution in [0.5, 0.6) is 0 Å². The molecule has 0 bridgehead atoms. The van der Waals surface area contributed by atoms with Gasteiger partial charge >= 0.3 is 0 Å². The standard InChI is InChI=1S/C9H13Cl2N3O2S/c1-14-9(8(11)4-12-14)17(15,16)13-5-7(10)6-2-3-6/h4,6-7,13H,2-3,5H2,1H3. The van der Waals surface area contributed by atoms with Gasteiger partial charge in [-0.3, -0.25) is 4.68 Å². The van der Waals surface area contributed by atoms with Gasteiger partial charge in [0.05, 0.1) is 11.2 Å². The fourth-order valence-electron chi connectivity index (χ4n) is 1.58. The summed E-state index contributed by atoms with van der Waals surface area (Å²) in [5, 5.41) is 3.71. The normalized spacial score (nSPS) is 18.3. The van der Waals surface area contributed by atoms with Crippen molar-refractivity contribution >= 4 is 33.2 Å². The van der Waals surface area contributed by atoms with Crippen molar-refractivity contribution in [1.82, 2.24) is 14.5 Å². The third-order valence-electron chi connectivity index (χ3n) is 2.70. The lowest BCUT2D eigenvalue weighted by Gasteiger charge is -2.10. The maximum atomic E-state index is 12.0. The summed E-state index contributed by atoms with van der Waals surface area (Å²) in [5.41, 5.74) is 0. The highest BCUT2D eigenvalue weighted by Crippen LogP contribution is 2.35. The Morgan fingerprint density at radius 1 is 1.65 bits per heavy atom. The van der Waals surface area contributed by atoms with Crippen LogP contribution in [0.2, 0.25) is 5.02 Å². The summed E-state index contributed by atoms with van der Waals surface area (Å²) in [6, 6.07) is 0. The van der Waals surface area contributed by atoms with Gasteiger partial charge in [0, 0.05) is 19.0 Å².